The molecule has 1 fully saturated rings. The van der Waals surface area contributed by atoms with E-state index in [4.69, 9.17) is 5.73 Å². The number of aromatic nitrogens is 2. The SMILES string of the molecule is CC(=O)N1CCCC1C(=O)NC(CC(C)C)C(=O)NC(Cc1cncn1CCNc1ccccc1)C(=O)NC(CO)C(=O)NC(C(N)=O)C(C)(C)OP(=O)(O)O. The number of amides is 6. The van der Waals surface area contributed by atoms with Crippen LogP contribution in [-0.4, -0.2) is 120 Å². The quantitative estimate of drug-likeness (QED) is 0.0678. The first-order valence-corrected chi connectivity index (χ1v) is 19.7. The van der Waals surface area contributed by atoms with Gasteiger partial charge in [-0.1, -0.05) is 32.0 Å². The Morgan fingerprint density at radius 2 is 1.61 bits per heavy atom. The summed E-state index contributed by atoms with van der Waals surface area (Å²) in [4.78, 5) is 103. The van der Waals surface area contributed by atoms with Crippen LogP contribution in [0.4, 0.5) is 5.69 Å². The van der Waals surface area contributed by atoms with Gasteiger partial charge >= 0.3 is 7.82 Å². The third kappa shape index (κ3) is 13.7. The van der Waals surface area contributed by atoms with Gasteiger partial charge in [-0.2, -0.15) is 0 Å². The van der Waals surface area contributed by atoms with Crippen LogP contribution < -0.4 is 32.3 Å². The number of carbonyl (C=O) groups excluding carboxylic acids is 6. The van der Waals surface area contributed by atoms with Gasteiger partial charge < -0.3 is 56.7 Å². The lowest BCUT2D eigenvalue weighted by molar-refractivity contribution is -0.139. The van der Waals surface area contributed by atoms with Gasteiger partial charge in [-0.25, -0.2) is 9.55 Å². The molecule has 1 aromatic carbocycles. The topological polar surface area (TPSA) is 297 Å². The number of carbonyl (C=O) groups is 6. The molecule has 20 nitrogen and oxygen atoms in total. The summed E-state index contributed by atoms with van der Waals surface area (Å²) in [5.74, 6) is -4.96. The van der Waals surface area contributed by atoms with Crippen LogP contribution in [0.5, 0.6) is 0 Å². The maximum absolute atomic E-state index is 14.0. The van der Waals surface area contributed by atoms with Crippen molar-refractivity contribution in [1.82, 2.24) is 35.7 Å². The number of phosphoric ester groups is 1. The zero-order chi connectivity index (χ0) is 41.8. The monoisotopic (exact) mass is 807 g/mol. The van der Waals surface area contributed by atoms with Gasteiger partial charge in [0.2, 0.25) is 35.4 Å². The zero-order valence-electron chi connectivity index (χ0n) is 32.1. The summed E-state index contributed by atoms with van der Waals surface area (Å²) in [6.45, 7) is 7.48. The van der Waals surface area contributed by atoms with E-state index >= 15 is 0 Å². The lowest BCUT2D eigenvalue weighted by Crippen LogP contribution is -2.63. The number of benzene rings is 1. The molecule has 6 amide bonds. The molecule has 2 heterocycles. The number of rotatable bonds is 21. The van der Waals surface area contributed by atoms with E-state index in [0.717, 1.165) is 19.5 Å². The summed E-state index contributed by atoms with van der Waals surface area (Å²) in [6, 6.07) is 2.54. The van der Waals surface area contributed by atoms with Crippen LogP contribution in [-0.2, 0) is 50.8 Å². The minimum atomic E-state index is -5.17. The highest BCUT2D eigenvalue weighted by atomic mass is 31.2. The summed E-state index contributed by atoms with van der Waals surface area (Å²) in [5, 5.41) is 23.4. The van der Waals surface area contributed by atoms with E-state index in [1.807, 2.05) is 44.2 Å². The molecular weight excluding hydrogens is 753 g/mol. The van der Waals surface area contributed by atoms with Crippen molar-refractivity contribution in [3.63, 3.8) is 0 Å². The van der Waals surface area contributed by atoms with Crippen molar-refractivity contribution in [2.24, 2.45) is 11.7 Å². The van der Waals surface area contributed by atoms with E-state index in [-0.39, 0.29) is 24.7 Å². The molecule has 5 atom stereocenters. The molecule has 2 aromatic rings. The molecule has 0 spiro atoms. The Hall–Kier alpha value is -4.88. The van der Waals surface area contributed by atoms with Gasteiger partial charge in [0, 0.05) is 50.6 Å². The number of para-hydroxylation sites is 1. The first-order chi connectivity index (χ1) is 26.2. The predicted molar refractivity (Wildman–Crippen MR) is 202 cm³/mol. The Labute approximate surface area is 324 Å². The van der Waals surface area contributed by atoms with Gasteiger partial charge in [-0.3, -0.25) is 33.3 Å². The average molecular weight is 808 g/mol. The van der Waals surface area contributed by atoms with E-state index < -0.39 is 79.8 Å². The largest absolute Gasteiger partial charge is 0.470 e. The van der Waals surface area contributed by atoms with Crippen molar-refractivity contribution in [3.8, 4) is 0 Å². The van der Waals surface area contributed by atoms with Crippen molar-refractivity contribution < 1.29 is 52.7 Å². The molecule has 310 valence electrons. The molecule has 1 saturated heterocycles. The molecular formula is C35H54N9O11P. The molecule has 0 bridgehead atoms. The molecule has 0 radical (unpaired) electrons. The summed E-state index contributed by atoms with van der Waals surface area (Å²) < 4.78 is 18.0. The molecule has 21 heteroatoms. The number of hydrogen-bond donors (Lipinski definition) is 9. The Kier molecular flexibility index (Phi) is 16.5. The second-order valence-electron chi connectivity index (χ2n) is 14.5. The number of likely N-dealkylation sites (tertiary alicyclic amines) is 1. The molecule has 56 heavy (non-hydrogen) atoms. The number of nitrogens with two attached hydrogens (primary N) is 1. The van der Waals surface area contributed by atoms with Gasteiger partial charge in [0.1, 0.15) is 35.8 Å². The van der Waals surface area contributed by atoms with Crippen molar-refractivity contribution in [2.75, 3.05) is 25.0 Å². The number of nitrogens with one attached hydrogen (secondary N) is 5. The number of imidazole rings is 1. The molecule has 3 rings (SSSR count). The molecule has 0 aliphatic carbocycles. The Morgan fingerprint density at radius 3 is 2.20 bits per heavy atom. The van der Waals surface area contributed by atoms with Gasteiger partial charge in [0.15, 0.2) is 0 Å². The van der Waals surface area contributed by atoms with Crippen LogP contribution in [0, 0.1) is 5.92 Å². The molecule has 1 aromatic heterocycles. The van der Waals surface area contributed by atoms with Gasteiger partial charge in [0.05, 0.1) is 12.9 Å². The summed E-state index contributed by atoms with van der Waals surface area (Å²) in [5.41, 5.74) is 4.75. The number of anilines is 1. The second-order valence-corrected chi connectivity index (χ2v) is 15.6. The fourth-order valence-electron chi connectivity index (χ4n) is 6.33. The summed E-state index contributed by atoms with van der Waals surface area (Å²) in [6.07, 6.45) is 4.07. The second kappa shape index (κ2) is 20.3. The van der Waals surface area contributed by atoms with Crippen LogP contribution in [0.2, 0.25) is 0 Å². The lowest BCUT2D eigenvalue weighted by atomic mass is 9.98. The first kappa shape index (κ1) is 45.5. The van der Waals surface area contributed by atoms with Gasteiger partial charge in [-0.05, 0) is 51.2 Å². The van der Waals surface area contributed by atoms with E-state index in [9.17, 15) is 48.2 Å². The third-order valence-corrected chi connectivity index (χ3v) is 9.74. The maximum Gasteiger partial charge on any atom is 0.470 e. The standard InChI is InChI=1S/C35H54N9O11P/c1-21(2)16-25(40-34(51)28-12-9-14-44(28)22(3)46)31(48)39-26(17-24-18-37-20-43(24)15-13-38-23-10-7-6-8-11-23)32(49)41-27(19-45)33(50)42-29(30(36)47)35(4,5)55-56(52,53)54/h6-8,10-11,18,20-21,25-29,38,45H,9,12-17,19H2,1-5H3,(H2,36,47)(H,39,48)(H,40,51)(H,41,49)(H,42,50)(H2,52,53,54). The normalized spacial score (nSPS) is 16.7. The van der Waals surface area contributed by atoms with E-state index in [1.165, 1.54) is 18.0 Å². The van der Waals surface area contributed by atoms with Crippen molar-refractivity contribution in [2.45, 2.75) is 103 Å². The summed E-state index contributed by atoms with van der Waals surface area (Å²) in [7, 11) is -5.17. The maximum atomic E-state index is 14.0. The first-order valence-electron chi connectivity index (χ1n) is 18.2. The number of hydrogen-bond acceptors (Lipinski definition) is 11. The Balaban J connectivity index is 1.88. The van der Waals surface area contributed by atoms with Crippen LogP contribution in [0.1, 0.15) is 59.6 Å². The van der Waals surface area contributed by atoms with Crippen LogP contribution in [0.15, 0.2) is 42.9 Å². The Morgan fingerprint density at radius 1 is 0.982 bits per heavy atom. The average Bonchev–Trinajstić information content (AvgIpc) is 3.78. The van der Waals surface area contributed by atoms with Crippen LogP contribution in [0.3, 0.4) is 0 Å². The van der Waals surface area contributed by atoms with Gasteiger partial charge in [-0.15, -0.1) is 0 Å². The fraction of sp³-hybridized carbons (Fsp3) is 0.571. The molecule has 0 saturated carbocycles. The minimum Gasteiger partial charge on any atom is -0.394 e. The van der Waals surface area contributed by atoms with E-state index in [1.54, 1.807) is 10.9 Å². The molecule has 10 N–H and O–H groups in total. The van der Waals surface area contributed by atoms with Crippen LogP contribution >= 0.6 is 7.82 Å². The highest BCUT2D eigenvalue weighted by molar-refractivity contribution is 7.46. The van der Waals surface area contributed by atoms with E-state index in [2.05, 4.69) is 36.1 Å². The summed E-state index contributed by atoms with van der Waals surface area (Å²) >= 11 is 0. The minimum absolute atomic E-state index is 0.0937. The lowest BCUT2D eigenvalue weighted by Gasteiger charge is -2.33. The zero-order valence-corrected chi connectivity index (χ0v) is 33.0. The number of phosphoric acid groups is 1. The van der Waals surface area contributed by atoms with Crippen molar-refractivity contribution >= 4 is 49.0 Å². The van der Waals surface area contributed by atoms with Crippen molar-refractivity contribution in [3.05, 3.63) is 48.5 Å². The predicted octanol–water partition coefficient (Wildman–Crippen LogP) is -1.10. The number of aliphatic hydroxyl groups excluding tert-OH is 1. The van der Waals surface area contributed by atoms with Crippen molar-refractivity contribution in [1.29, 1.82) is 0 Å². The van der Waals surface area contributed by atoms with Crippen LogP contribution in [0.25, 0.3) is 0 Å². The highest BCUT2D eigenvalue weighted by Gasteiger charge is 2.42. The molecule has 1 aliphatic rings. The fourth-order valence-corrected chi connectivity index (χ4v) is 7.05. The highest BCUT2D eigenvalue weighted by Crippen LogP contribution is 2.42. The number of aliphatic hydroxyl groups is 1. The van der Waals surface area contributed by atoms with Gasteiger partial charge in [0.25, 0.3) is 0 Å². The third-order valence-electron chi connectivity index (χ3n) is 9.04. The van der Waals surface area contributed by atoms with E-state index in [0.29, 0.717) is 38.2 Å². The smallest absolute Gasteiger partial charge is 0.394 e. The molecule has 1 aliphatic heterocycles. The number of nitrogens with zero attached hydrogens (tertiary/aromatic N) is 3. The number of primary amides is 1. The molecule has 5 unspecified atom stereocenters. The Bertz CT molecular complexity index is 1730.